The molecule has 0 amide bonds. The summed E-state index contributed by atoms with van der Waals surface area (Å²) in [6.07, 6.45) is 8.39. The number of aromatic nitrogens is 2. The fourth-order valence-corrected chi connectivity index (χ4v) is 5.58. The number of methoxy groups -OCH3 is 1. The first-order chi connectivity index (χ1) is 15.6. The molecule has 1 heterocycles. The Labute approximate surface area is 189 Å². The third kappa shape index (κ3) is 3.80. The van der Waals surface area contributed by atoms with Gasteiger partial charge in [0.05, 0.1) is 35.7 Å². The Morgan fingerprint density at radius 2 is 1.84 bits per heavy atom. The standard InChI is InChI=1S/C27H29N3O2/c1-32-25-10-6-5-9-24(25)30-26(21-13-11-20(18-28)12-14-21)22-16-27(31,17-23(22)29-30)15-19-7-3-2-4-8-19/h5-6,9-14,19,31H,2-4,7-8,15-17H2,1H3. The summed E-state index contributed by atoms with van der Waals surface area (Å²) < 4.78 is 7.57. The van der Waals surface area contributed by atoms with Crippen LogP contribution in [0.3, 0.4) is 0 Å². The molecule has 2 aliphatic rings. The molecule has 0 spiro atoms. The Morgan fingerprint density at radius 1 is 1.09 bits per heavy atom. The summed E-state index contributed by atoms with van der Waals surface area (Å²) in [5.74, 6) is 1.36. The van der Waals surface area contributed by atoms with Crippen LogP contribution in [0.5, 0.6) is 5.75 Å². The average molecular weight is 428 g/mol. The Morgan fingerprint density at radius 3 is 2.56 bits per heavy atom. The van der Waals surface area contributed by atoms with Crippen molar-refractivity contribution in [2.24, 2.45) is 5.92 Å². The van der Waals surface area contributed by atoms with E-state index in [-0.39, 0.29) is 0 Å². The van der Waals surface area contributed by atoms with Crippen LogP contribution in [0, 0.1) is 17.2 Å². The fraction of sp³-hybridized carbons (Fsp3) is 0.407. The van der Waals surface area contributed by atoms with Gasteiger partial charge in [0.25, 0.3) is 0 Å². The molecule has 1 unspecified atom stereocenters. The molecule has 1 fully saturated rings. The van der Waals surface area contributed by atoms with E-state index in [0.717, 1.165) is 40.4 Å². The number of benzene rings is 2. The van der Waals surface area contributed by atoms with Gasteiger partial charge in [0.1, 0.15) is 11.4 Å². The molecule has 5 rings (SSSR count). The molecule has 32 heavy (non-hydrogen) atoms. The first-order valence-corrected chi connectivity index (χ1v) is 11.6. The molecule has 2 aromatic carbocycles. The van der Waals surface area contributed by atoms with E-state index in [1.807, 2.05) is 53.2 Å². The summed E-state index contributed by atoms with van der Waals surface area (Å²) in [6.45, 7) is 0. The third-order valence-electron chi connectivity index (χ3n) is 7.06. The van der Waals surface area contributed by atoms with E-state index < -0.39 is 5.60 Å². The quantitative estimate of drug-likeness (QED) is 0.606. The van der Waals surface area contributed by atoms with E-state index in [9.17, 15) is 10.4 Å². The summed E-state index contributed by atoms with van der Waals surface area (Å²) in [5, 5.41) is 25.8. The van der Waals surface area contributed by atoms with Crippen LogP contribution in [0.1, 0.15) is 55.3 Å². The predicted molar refractivity (Wildman–Crippen MR) is 124 cm³/mol. The number of ether oxygens (including phenoxy) is 1. The zero-order valence-electron chi connectivity index (χ0n) is 18.6. The Kier molecular flexibility index (Phi) is 5.48. The van der Waals surface area contributed by atoms with Gasteiger partial charge in [0, 0.05) is 24.0 Å². The monoisotopic (exact) mass is 427 g/mol. The molecule has 164 valence electrons. The van der Waals surface area contributed by atoms with Crippen molar-refractivity contribution in [1.29, 1.82) is 5.26 Å². The zero-order valence-corrected chi connectivity index (χ0v) is 18.6. The number of para-hydroxylation sites is 2. The van der Waals surface area contributed by atoms with Crippen molar-refractivity contribution in [3.8, 4) is 28.8 Å². The van der Waals surface area contributed by atoms with Gasteiger partial charge in [-0.1, -0.05) is 56.4 Å². The second kappa shape index (κ2) is 8.44. The molecule has 5 heteroatoms. The predicted octanol–water partition coefficient (Wildman–Crippen LogP) is 5.22. The van der Waals surface area contributed by atoms with Crippen molar-refractivity contribution in [3.05, 3.63) is 65.4 Å². The molecule has 3 aromatic rings. The first-order valence-electron chi connectivity index (χ1n) is 11.6. The lowest BCUT2D eigenvalue weighted by molar-refractivity contribution is 0.0189. The Balaban J connectivity index is 1.57. The molecular weight excluding hydrogens is 398 g/mol. The molecule has 1 aromatic heterocycles. The largest absolute Gasteiger partial charge is 0.494 e. The fourth-order valence-electron chi connectivity index (χ4n) is 5.58. The number of fused-ring (bicyclic) bond motifs is 1. The minimum absolute atomic E-state index is 0.588. The maximum atomic E-state index is 11.6. The van der Waals surface area contributed by atoms with E-state index >= 15 is 0 Å². The number of rotatable bonds is 5. The summed E-state index contributed by atoms with van der Waals surface area (Å²) in [7, 11) is 1.67. The van der Waals surface area contributed by atoms with E-state index in [2.05, 4.69) is 6.07 Å². The van der Waals surface area contributed by atoms with Crippen molar-refractivity contribution in [3.63, 3.8) is 0 Å². The number of hydrogen-bond acceptors (Lipinski definition) is 4. The number of nitriles is 1. The maximum Gasteiger partial charge on any atom is 0.144 e. The molecule has 0 radical (unpaired) electrons. The van der Waals surface area contributed by atoms with Gasteiger partial charge in [0.2, 0.25) is 0 Å². The number of hydrogen-bond donors (Lipinski definition) is 1. The van der Waals surface area contributed by atoms with Crippen LogP contribution in [0.4, 0.5) is 0 Å². The molecule has 0 aliphatic heterocycles. The van der Waals surface area contributed by atoms with Gasteiger partial charge in [-0.2, -0.15) is 10.4 Å². The molecular formula is C27H29N3O2. The second-order valence-corrected chi connectivity index (χ2v) is 9.33. The lowest BCUT2D eigenvalue weighted by Crippen LogP contribution is -2.33. The third-order valence-corrected chi connectivity index (χ3v) is 7.06. The highest BCUT2D eigenvalue weighted by Crippen LogP contribution is 2.43. The lowest BCUT2D eigenvalue weighted by Gasteiger charge is -2.30. The second-order valence-electron chi connectivity index (χ2n) is 9.33. The van der Waals surface area contributed by atoms with Crippen LogP contribution in [-0.4, -0.2) is 27.6 Å². The van der Waals surface area contributed by atoms with Crippen LogP contribution in [0.25, 0.3) is 16.9 Å². The molecule has 0 saturated heterocycles. The highest BCUT2D eigenvalue weighted by atomic mass is 16.5. The normalized spacial score (nSPS) is 20.7. The van der Waals surface area contributed by atoms with Crippen LogP contribution in [-0.2, 0) is 12.8 Å². The SMILES string of the molecule is COc1ccccc1-n1nc2c(c1-c1ccc(C#N)cc1)CC(O)(CC1CCCCC1)C2. The van der Waals surface area contributed by atoms with Crippen LogP contribution < -0.4 is 4.74 Å². The van der Waals surface area contributed by atoms with Gasteiger partial charge in [0.15, 0.2) is 0 Å². The smallest absolute Gasteiger partial charge is 0.144 e. The highest BCUT2D eigenvalue weighted by Gasteiger charge is 2.41. The summed E-state index contributed by atoms with van der Waals surface area (Å²) in [4.78, 5) is 0. The van der Waals surface area contributed by atoms with E-state index in [1.54, 1.807) is 7.11 Å². The van der Waals surface area contributed by atoms with Gasteiger partial charge in [-0.3, -0.25) is 0 Å². The van der Waals surface area contributed by atoms with Crippen molar-refractivity contribution < 1.29 is 9.84 Å². The molecule has 1 N–H and O–H groups in total. The van der Waals surface area contributed by atoms with Gasteiger partial charge in [-0.15, -0.1) is 0 Å². The highest BCUT2D eigenvalue weighted by molar-refractivity contribution is 5.70. The van der Waals surface area contributed by atoms with E-state index in [1.165, 1.54) is 32.1 Å². The molecule has 1 atom stereocenters. The summed E-state index contributed by atoms with van der Waals surface area (Å²) in [6, 6.07) is 17.7. The minimum Gasteiger partial charge on any atom is -0.494 e. The molecule has 0 bridgehead atoms. The number of nitrogens with zero attached hydrogens (tertiary/aromatic N) is 3. The van der Waals surface area contributed by atoms with Gasteiger partial charge < -0.3 is 9.84 Å². The summed E-state index contributed by atoms with van der Waals surface area (Å²) in [5.41, 5.74) is 4.83. The van der Waals surface area contributed by atoms with Crippen molar-refractivity contribution in [2.45, 2.75) is 57.0 Å². The van der Waals surface area contributed by atoms with Crippen molar-refractivity contribution in [2.75, 3.05) is 7.11 Å². The zero-order chi connectivity index (χ0) is 22.1. The Hall–Kier alpha value is -3.10. The lowest BCUT2D eigenvalue weighted by atomic mass is 9.80. The van der Waals surface area contributed by atoms with E-state index in [0.29, 0.717) is 24.3 Å². The maximum absolute atomic E-state index is 11.6. The topological polar surface area (TPSA) is 71.1 Å². The number of aliphatic hydroxyl groups is 1. The Bertz CT molecular complexity index is 1150. The molecule has 2 aliphatic carbocycles. The van der Waals surface area contributed by atoms with Crippen molar-refractivity contribution in [1.82, 2.24) is 9.78 Å². The molecule has 5 nitrogen and oxygen atoms in total. The van der Waals surface area contributed by atoms with Gasteiger partial charge in [-0.05, 0) is 36.6 Å². The van der Waals surface area contributed by atoms with Crippen LogP contribution >= 0.6 is 0 Å². The van der Waals surface area contributed by atoms with Gasteiger partial charge >= 0.3 is 0 Å². The molecule has 1 saturated carbocycles. The first kappa shape index (κ1) is 20.8. The van der Waals surface area contributed by atoms with Crippen LogP contribution in [0.2, 0.25) is 0 Å². The average Bonchev–Trinajstić information content (AvgIpc) is 3.32. The van der Waals surface area contributed by atoms with Crippen molar-refractivity contribution >= 4 is 0 Å². The van der Waals surface area contributed by atoms with Gasteiger partial charge in [-0.25, -0.2) is 4.68 Å². The van der Waals surface area contributed by atoms with E-state index in [4.69, 9.17) is 9.84 Å². The minimum atomic E-state index is -0.721. The van der Waals surface area contributed by atoms with Crippen LogP contribution in [0.15, 0.2) is 48.5 Å². The summed E-state index contributed by atoms with van der Waals surface area (Å²) >= 11 is 0.